The van der Waals surface area contributed by atoms with Gasteiger partial charge in [-0.05, 0) is 39.9 Å². The predicted octanol–water partition coefficient (Wildman–Crippen LogP) is 1.36. The van der Waals surface area contributed by atoms with Gasteiger partial charge in [0.15, 0.2) is 0 Å². The van der Waals surface area contributed by atoms with Gasteiger partial charge in [-0.2, -0.15) is 5.10 Å². The quantitative estimate of drug-likeness (QED) is 0.860. The lowest BCUT2D eigenvalue weighted by atomic mass is 10.0. The number of nitrogens with zero attached hydrogens (tertiary/aromatic N) is 4. The Bertz CT molecular complexity index is 430. The third-order valence-corrected chi connectivity index (χ3v) is 4.73. The molecule has 0 bridgehead atoms. The summed E-state index contributed by atoms with van der Waals surface area (Å²) in [4.78, 5) is 4.84. The number of rotatable bonds is 6. The van der Waals surface area contributed by atoms with Crippen molar-refractivity contribution in [2.45, 2.75) is 51.2 Å². The molecule has 120 valence electrons. The van der Waals surface area contributed by atoms with Crippen LogP contribution in [0.15, 0.2) is 12.3 Å². The molecule has 0 spiro atoms. The smallest absolute Gasteiger partial charge is 0.0640 e. The van der Waals surface area contributed by atoms with Crippen molar-refractivity contribution in [3.05, 3.63) is 18.0 Å². The molecule has 0 radical (unpaired) electrons. The second-order valence-corrected chi connectivity index (χ2v) is 6.64. The first kappa shape index (κ1) is 16.5. The Hall–Kier alpha value is -0.910. The molecule has 3 unspecified atom stereocenters. The molecule has 2 rings (SSSR count). The van der Waals surface area contributed by atoms with Crippen molar-refractivity contribution in [1.29, 1.82) is 0 Å². The van der Waals surface area contributed by atoms with Crippen molar-refractivity contribution in [2.24, 2.45) is 5.73 Å². The Kier molecular flexibility index (Phi) is 5.79. The zero-order valence-corrected chi connectivity index (χ0v) is 14.0. The number of likely N-dealkylation sites (N-methyl/N-ethyl adjacent to an activating group) is 2. The van der Waals surface area contributed by atoms with Crippen LogP contribution in [0.3, 0.4) is 0 Å². The van der Waals surface area contributed by atoms with E-state index < -0.39 is 0 Å². The highest BCUT2D eigenvalue weighted by atomic mass is 15.3. The van der Waals surface area contributed by atoms with Gasteiger partial charge >= 0.3 is 0 Å². The molecule has 1 aromatic rings. The summed E-state index contributed by atoms with van der Waals surface area (Å²) in [5.41, 5.74) is 7.49. The highest BCUT2D eigenvalue weighted by Gasteiger charge is 2.24. The fraction of sp³-hybridized carbons (Fsp3) is 0.812. The summed E-state index contributed by atoms with van der Waals surface area (Å²) in [6.07, 6.45) is 5.09. The summed E-state index contributed by atoms with van der Waals surface area (Å²) in [6.45, 7) is 7.79. The number of hydrogen-bond acceptors (Lipinski definition) is 4. The maximum absolute atomic E-state index is 6.37. The standard InChI is InChI=1S/C16H31N5/c1-5-13(2)21-7-6-15(18-21)10-14(17)11-16-12-19(3)8-9-20(16)4/h6-7,13-14,16H,5,8-12,17H2,1-4H3. The molecule has 0 amide bonds. The lowest BCUT2D eigenvalue weighted by molar-refractivity contribution is 0.104. The van der Waals surface area contributed by atoms with E-state index >= 15 is 0 Å². The highest BCUT2D eigenvalue weighted by molar-refractivity contribution is 5.02. The van der Waals surface area contributed by atoms with E-state index in [4.69, 9.17) is 5.73 Å². The summed E-state index contributed by atoms with van der Waals surface area (Å²) in [7, 11) is 4.40. The van der Waals surface area contributed by atoms with E-state index in [1.165, 1.54) is 0 Å². The van der Waals surface area contributed by atoms with Gasteiger partial charge in [-0.1, -0.05) is 6.92 Å². The summed E-state index contributed by atoms with van der Waals surface area (Å²) in [6, 6.07) is 3.33. The molecule has 0 aromatic carbocycles. The molecule has 1 aliphatic heterocycles. The number of nitrogens with two attached hydrogens (primary N) is 1. The average molecular weight is 293 g/mol. The van der Waals surface area contributed by atoms with Crippen LogP contribution >= 0.6 is 0 Å². The number of aromatic nitrogens is 2. The Morgan fingerprint density at radius 2 is 2.14 bits per heavy atom. The van der Waals surface area contributed by atoms with Crippen molar-refractivity contribution in [3.8, 4) is 0 Å². The van der Waals surface area contributed by atoms with E-state index in [1.807, 2.05) is 0 Å². The molecule has 5 nitrogen and oxygen atoms in total. The van der Waals surface area contributed by atoms with Crippen LogP contribution in [0, 0.1) is 0 Å². The van der Waals surface area contributed by atoms with Gasteiger partial charge in [0.05, 0.1) is 5.69 Å². The summed E-state index contributed by atoms with van der Waals surface area (Å²) in [5.74, 6) is 0. The maximum atomic E-state index is 6.37. The van der Waals surface area contributed by atoms with E-state index in [2.05, 4.69) is 59.8 Å². The largest absolute Gasteiger partial charge is 0.327 e. The lowest BCUT2D eigenvalue weighted by Crippen LogP contribution is -2.51. The lowest BCUT2D eigenvalue weighted by Gasteiger charge is -2.38. The van der Waals surface area contributed by atoms with Gasteiger partial charge in [-0.15, -0.1) is 0 Å². The van der Waals surface area contributed by atoms with E-state index in [9.17, 15) is 0 Å². The van der Waals surface area contributed by atoms with Crippen molar-refractivity contribution in [1.82, 2.24) is 19.6 Å². The average Bonchev–Trinajstić information content (AvgIpc) is 2.90. The predicted molar refractivity (Wildman–Crippen MR) is 87.4 cm³/mol. The van der Waals surface area contributed by atoms with Gasteiger partial charge in [-0.25, -0.2) is 0 Å². The molecule has 3 atom stereocenters. The third-order valence-electron chi connectivity index (χ3n) is 4.73. The Labute approximate surface area is 129 Å². The minimum Gasteiger partial charge on any atom is -0.327 e. The monoisotopic (exact) mass is 293 g/mol. The molecular weight excluding hydrogens is 262 g/mol. The van der Waals surface area contributed by atoms with Crippen LogP contribution in [0.25, 0.3) is 0 Å². The topological polar surface area (TPSA) is 50.3 Å². The second-order valence-electron chi connectivity index (χ2n) is 6.64. The van der Waals surface area contributed by atoms with Gasteiger partial charge < -0.3 is 15.5 Å². The van der Waals surface area contributed by atoms with Gasteiger partial charge in [0.25, 0.3) is 0 Å². The van der Waals surface area contributed by atoms with Crippen LogP contribution in [-0.4, -0.2) is 65.4 Å². The van der Waals surface area contributed by atoms with E-state index in [0.29, 0.717) is 12.1 Å². The molecule has 0 saturated carbocycles. The van der Waals surface area contributed by atoms with Crippen molar-refractivity contribution >= 4 is 0 Å². The van der Waals surface area contributed by atoms with Crippen LogP contribution in [0.2, 0.25) is 0 Å². The SMILES string of the molecule is CCC(C)n1ccc(CC(N)CC2CN(C)CCN2C)n1. The molecule has 2 N–H and O–H groups in total. The zero-order valence-electron chi connectivity index (χ0n) is 14.0. The van der Waals surface area contributed by atoms with Crippen molar-refractivity contribution in [3.63, 3.8) is 0 Å². The van der Waals surface area contributed by atoms with Crippen LogP contribution < -0.4 is 5.73 Å². The van der Waals surface area contributed by atoms with Crippen LogP contribution in [0.1, 0.15) is 38.4 Å². The van der Waals surface area contributed by atoms with E-state index in [-0.39, 0.29) is 6.04 Å². The van der Waals surface area contributed by atoms with Crippen molar-refractivity contribution < 1.29 is 0 Å². The van der Waals surface area contributed by atoms with Gasteiger partial charge in [0.1, 0.15) is 0 Å². The minimum atomic E-state index is 0.184. The van der Waals surface area contributed by atoms with Crippen LogP contribution in [-0.2, 0) is 6.42 Å². The highest BCUT2D eigenvalue weighted by Crippen LogP contribution is 2.14. The van der Waals surface area contributed by atoms with Gasteiger partial charge in [0.2, 0.25) is 0 Å². The summed E-state index contributed by atoms with van der Waals surface area (Å²) in [5, 5.41) is 4.66. The fourth-order valence-corrected chi connectivity index (χ4v) is 2.98. The first-order valence-corrected chi connectivity index (χ1v) is 8.18. The van der Waals surface area contributed by atoms with Crippen LogP contribution in [0.4, 0.5) is 0 Å². The third kappa shape index (κ3) is 4.53. The summed E-state index contributed by atoms with van der Waals surface area (Å²) < 4.78 is 2.06. The molecule has 1 aliphatic rings. The molecule has 21 heavy (non-hydrogen) atoms. The molecular formula is C16H31N5. The fourth-order valence-electron chi connectivity index (χ4n) is 2.98. The van der Waals surface area contributed by atoms with Crippen molar-refractivity contribution in [2.75, 3.05) is 33.7 Å². The van der Waals surface area contributed by atoms with E-state index in [1.54, 1.807) is 0 Å². The Morgan fingerprint density at radius 3 is 2.86 bits per heavy atom. The first-order valence-electron chi connectivity index (χ1n) is 8.18. The second kappa shape index (κ2) is 7.38. The number of piperazine rings is 1. The summed E-state index contributed by atoms with van der Waals surface area (Å²) >= 11 is 0. The maximum Gasteiger partial charge on any atom is 0.0640 e. The molecule has 5 heteroatoms. The number of hydrogen-bond donors (Lipinski definition) is 1. The Morgan fingerprint density at radius 1 is 1.38 bits per heavy atom. The molecule has 1 saturated heterocycles. The normalized spacial score (nSPS) is 24.1. The van der Waals surface area contributed by atoms with Gasteiger partial charge in [0, 0.05) is 50.4 Å². The molecule has 1 aromatic heterocycles. The Balaban J connectivity index is 1.86. The van der Waals surface area contributed by atoms with Crippen LogP contribution in [0.5, 0.6) is 0 Å². The van der Waals surface area contributed by atoms with E-state index in [0.717, 1.165) is 44.6 Å². The molecule has 2 heterocycles. The molecule has 0 aliphatic carbocycles. The molecule has 1 fully saturated rings. The zero-order chi connectivity index (χ0) is 15.4. The minimum absolute atomic E-state index is 0.184. The first-order chi connectivity index (χ1) is 9.99. The van der Waals surface area contributed by atoms with Gasteiger partial charge in [-0.3, -0.25) is 4.68 Å².